The standard InChI is InChI=1S/C26H25N3O2/c1-2-19-12-11-17(15-27-19)13-18-14-22-25(21-8-4-3-7-20(18)21)28-16-29(26(22)31)23-9-5-6-10-24(23)30/h2-4,7-8,11-12,14-16,23-24,30H,1,5-6,9-10,13H2/t23-,24-/m0/s1. The first-order valence-corrected chi connectivity index (χ1v) is 10.8. The SMILES string of the molecule is C=Cc1ccc(Cc2cc3c(=O)n([C@H]4CCCC[C@@H]4O)cnc3c3ccccc23)cn1. The second kappa shape index (κ2) is 8.08. The first kappa shape index (κ1) is 19.6. The van der Waals surface area contributed by atoms with Crippen LogP contribution in [0.5, 0.6) is 0 Å². The van der Waals surface area contributed by atoms with Gasteiger partial charge < -0.3 is 5.11 Å². The molecule has 0 unspecified atom stereocenters. The molecule has 1 saturated carbocycles. The number of hydrogen-bond donors (Lipinski definition) is 1. The first-order valence-electron chi connectivity index (χ1n) is 10.8. The van der Waals surface area contributed by atoms with Crippen molar-refractivity contribution >= 4 is 27.8 Å². The van der Waals surface area contributed by atoms with Gasteiger partial charge in [-0.05, 0) is 54.0 Å². The number of nitrogens with zero attached hydrogens (tertiary/aromatic N) is 3. The van der Waals surface area contributed by atoms with Crippen molar-refractivity contribution in [2.24, 2.45) is 0 Å². The number of pyridine rings is 1. The van der Waals surface area contributed by atoms with E-state index in [2.05, 4.69) is 22.6 Å². The van der Waals surface area contributed by atoms with Crippen LogP contribution in [-0.2, 0) is 6.42 Å². The van der Waals surface area contributed by atoms with Gasteiger partial charge in [-0.25, -0.2) is 4.98 Å². The van der Waals surface area contributed by atoms with E-state index in [9.17, 15) is 9.90 Å². The van der Waals surface area contributed by atoms with E-state index in [-0.39, 0.29) is 11.6 Å². The predicted octanol–water partition coefficient (Wildman–Crippen LogP) is 4.65. The van der Waals surface area contributed by atoms with Crippen LogP contribution in [0.25, 0.3) is 27.8 Å². The van der Waals surface area contributed by atoms with Crippen LogP contribution in [0.1, 0.15) is 48.5 Å². The highest BCUT2D eigenvalue weighted by Gasteiger charge is 2.26. The number of aliphatic hydroxyl groups excluding tert-OH is 1. The minimum Gasteiger partial charge on any atom is -0.391 e. The highest BCUT2D eigenvalue weighted by Crippen LogP contribution is 2.30. The van der Waals surface area contributed by atoms with Gasteiger partial charge >= 0.3 is 0 Å². The Kier molecular flexibility index (Phi) is 5.12. The highest BCUT2D eigenvalue weighted by molar-refractivity contribution is 6.06. The Hall–Kier alpha value is -3.31. The third-order valence-electron chi connectivity index (χ3n) is 6.38. The number of aliphatic hydroxyl groups is 1. The molecule has 0 spiro atoms. The second-order valence-electron chi connectivity index (χ2n) is 8.33. The maximum atomic E-state index is 13.5. The molecule has 1 N–H and O–H groups in total. The second-order valence-corrected chi connectivity index (χ2v) is 8.33. The van der Waals surface area contributed by atoms with E-state index >= 15 is 0 Å². The van der Waals surface area contributed by atoms with Crippen molar-refractivity contribution in [2.75, 3.05) is 0 Å². The van der Waals surface area contributed by atoms with Crippen molar-refractivity contribution < 1.29 is 5.11 Å². The van der Waals surface area contributed by atoms with E-state index in [0.29, 0.717) is 17.3 Å². The molecule has 1 aliphatic carbocycles. The average Bonchev–Trinajstić information content (AvgIpc) is 2.81. The van der Waals surface area contributed by atoms with Gasteiger partial charge in [-0.2, -0.15) is 0 Å². The molecule has 0 amide bonds. The van der Waals surface area contributed by atoms with Crippen molar-refractivity contribution in [3.8, 4) is 0 Å². The number of hydrogen-bond acceptors (Lipinski definition) is 4. The summed E-state index contributed by atoms with van der Waals surface area (Å²) in [5, 5.41) is 13.1. The fraction of sp³-hybridized carbons (Fsp3) is 0.269. The molecule has 0 saturated heterocycles. The molecule has 2 aromatic heterocycles. The number of benzene rings is 2. The molecular formula is C26H25N3O2. The summed E-state index contributed by atoms with van der Waals surface area (Å²) in [4.78, 5) is 22.6. The van der Waals surface area contributed by atoms with Crippen LogP contribution in [0.3, 0.4) is 0 Å². The molecule has 31 heavy (non-hydrogen) atoms. The van der Waals surface area contributed by atoms with Crippen molar-refractivity contribution in [3.05, 3.63) is 88.7 Å². The van der Waals surface area contributed by atoms with Crippen LogP contribution in [0.4, 0.5) is 0 Å². The van der Waals surface area contributed by atoms with Gasteiger partial charge in [-0.3, -0.25) is 14.3 Å². The van der Waals surface area contributed by atoms with Crippen LogP contribution in [0.15, 0.2) is 66.4 Å². The number of aromatic nitrogens is 3. The largest absolute Gasteiger partial charge is 0.391 e. The van der Waals surface area contributed by atoms with Crippen molar-refractivity contribution in [2.45, 2.75) is 44.2 Å². The zero-order valence-corrected chi connectivity index (χ0v) is 17.4. The van der Waals surface area contributed by atoms with Crippen molar-refractivity contribution in [1.29, 1.82) is 0 Å². The molecule has 2 aromatic carbocycles. The lowest BCUT2D eigenvalue weighted by atomic mass is 9.92. The van der Waals surface area contributed by atoms with Gasteiger partial charge in [0.25, 0.3) is 5.56 Å². The van der Waals surface area contributed by atoms with Crippen LogP contribution >= 0.6 is 0 Å². The Bertz CT molecular complexity index is 1320. The molecule has 156 valence electrons. The molecule has 1 fully saturated rings. The Balaban J connectivity index is 1.67. The molecule has 0 bridgehead atoms. The molecule has 0 radical (unpaired) electrons. The van der Waals surface area contributed by atoms with Gasteiger partial charge in [-0.1, -0.05) is 49.8 Å². The minimum atomic E-state index is -0.500. The van der Waals surface area contributed by atoms with Crippen LogP contribution in [-0.4, -0.2) is 25.7 Å². The smallest absolute Gasteiger partial charge is 0.261 e. The topological polar surface area (TPSA) is 68.0 Å². The lowest BCUT2D eigenvalue weighted by Gasteiger charge is -2.29. The summed E-state index contributed by atoms with van der Waals surface area (Å²) in [6, 6.07) is 13.8. The zero-order chi connectivity index (χ0) is 21.4. The highest BCUT2D eigenvalue weighted by atomic mass is 16.3. The Morgan fingerprint density at radius 1 is 1.06 bits per heavy atom. The van der Waals surface area contributed by atoms with E-state index in [0.717, 1.165) is 53.3 Å². The van der Waals surface area contributed by atoms with Gasteiger partial charge in [-0.15, -0.1) is 0 Å². The summed E-state index contributed by atoms with van der Waals surface area (Å²) in [6.07, 6.45) is 8.92. The molecule has 4 aromatic rings. The third kappa shape index (κ3) is 3.55. The molecule has 5 heteroatoms. The maximum Gasteiger partial charge on any atom is 0.261 e. The summed E-state index contributed by atoms with van der Waals surface area (Å²) in [7, 11) is 0. The predicted molar refractivity (Wildman–Crippen MR) is 124 cm³/mol. The summed E-state index contributed by atoms with van der Waals surface area (Å²) in [6.45, 7) is 3.76. The molecular weight excluding hydrogens is 386 g/mol. The number of fused-ring (bicyclic) bond motifs is 3. The van der Waals surface area contributed by atoms with E-state index in [1.807, 2.05) is 42.6 Å². The van der Waals surface area contributed by atoms with E-state index in [1.54, 1.807) is 17.0 Å². The summed E-state index contributed by atoms with van der Waals surface area (Å²) in [5.74, 6) is 0. The fourth-order valence-electron chi connectivity index (χ4n) is 4.73. The molecule has 5 nitrogen and oxygen atoms in total. The van der Waals surface area contributed by atoms with Crippen LogP contribution < -0.4 is 5.56 Å². The molecule has 2 atom stereocenters. The Morgan fingerprint density at radius 2 is 1.87 bits per heavy atom. The normalized spacial score (nSPS) is 19.0. The Labute approximate surface area is 180 Å². The average molecular weight is 412 g/mol. The monoisotopic (exact) mass is 411 g/mol. The van der Waals surface area contributed by atoms with E-state index in [4.69, 9.17) is 0 Å². The van der Waals surface area contributed by atoms with Gasteiger partial charge in [0.1, 0.15) is 0 Å². The molecule has 1 aliphatic rings. The lowest BCUT2D eigenvalue weighted by Crippen LogP contribution is -2.34. The van der Waals surface area contributed by atoms with E-state index in [1.165, 1.54) is 0 Å². The third-order valence-corrected chi connectivity index (χ3v) is 6.38. The lowest BCUT2D eigenvalue weighted by molar-refractivity contribution is 0.0735. The Morgan fingerprint density at radius 3 is 2.61 bits per heavy atom. The fourth-order valence-corrected chi connectivity index (χ4v) is 4.73. The van der Waals surface area contributed by atoms with Crippen LogP contribution in [0, 0.1) is 0 Å². The molecule has 2 heterocycles. The van der Waals surface area contributed by atoms with Gasteiger partial charge in [0.05, 0.1) is 35.1 Å². The van der Waals surface area contributed by atoms with Gasteiger partial charge in [0.2, 0.25) is 0 Å². The van der Waals surface area contributed by atoms with Gasteiger partial charge in [0, 0.05) is 11.6 Å². The summed E-state index contributed by atoms with van der Waals surface area (Å²) < 4.78 is 1.64. The molecule has 0 aliphatic heterocycles. The maximum absolute atomic E-state index is 13.5. The molecule has 5 rings (SSSR count). The first-order chi connectivity index (χ1) is 15.2. The number of rotatable bonds is 4. The van der Waals surface area contributed by atoms with Crippen LogP contribution in [0.2, 0.25) is 0 Å². The summed E-state index contributed by atoms with van der Waals surface area (Å²) in [5.41, 5.74) is 3.61. The summed E-state index contributed by atoms with van der Waals surface area (Å²) >= 11 is 0. The van der Waals surface area contributed by atoms with Crippen molar-refractivity contribution in [3.63, 3.8) is 0 Å². The zero-order valence-electron chi connectivity index (χ0n) is 17.4. The quantitative estimate of drug-likeness (QED) is 0.496. The van der Waals surface area contributed by atoms with Crippen molar-refractivity contribution in [1.82, 2.24) is 14.5 Å². The minimum absolute atomic E-state index is 0.0805. The van der Waals surface area contributed by atoms with E-state index < -0.39 is 6.10 Å². The van der Waals surface area contributed by atoms with Gasteiger partial charge in [0.15, 0.2) is 0 Å².